The molecule has 0 aliphatic heterocycles. The lowest BCUT2D eigenvalue weighted by Gasteiger charge is -2.17. The van der Waals surface area contributed by atoms with Gasteiger partial charge in [0.25, 0.3) is 0 Å². The zero-order valence-corrected chi connectivity index (χ0v) is 15.8. The molecule has 0 saturated heterocycles. The van der Waals surface area contributed by atoms with Gasteiger partial charge in [-0.3, -0.25) is 4.79 Å². The molecule has 0 fully saturated rings. The Morgan fingerprint density at radius 3 is 2.12 bits per heavy atom. The van der Waals surface area contributed by atoms with Crippen molar-refractivity contribution < 1.29 is 24.2 Å². The second-order valence-corrected chi connectivity index (χ2v) is 6.82. The Kier molecular flexibility index (Phi) is 6.64. The number of carbonyl (C=O) groups is 2. The number of halogens is 2. The number of esters is 1. The summed E-state index contributed by atoms with van der Waals surface area (Å²) >= 11 is 12.2. The summed E-state index contributed by atoms with van der Waals surface area (Å²) in [7, 11) is 0. The van der Waals surface area contributed by atoms with Crippen molar-refractivity contribution in [3.63, 3.8) is 0 Å². The van der Waals surface area contributed by atoms with Gasteiger partial charge in [0.2, 0.25) is 0 Å². The van der Waals surface area contributed by atoms with Gasteiger partial charge in [0.05, 0.1) is 15.6 Å². The highest BCUT2D eigenvalue weighted by Gasteiger charge is 2.26. The molecule has 2 aromatic carbocycles. The van der Waals surface area contributed by atoms with Crippen LogP contribution in [-0.4, -0.2) is 35.7 Å². The van der Waals surface area contributed by atoms with Crippen LogP contribution in [0.1, 0.15) is 34.6 Å². The zero-order chi connectivity index (χ0) is 19.3. The van der Waals surface area contributed by atoms with Crippen LogP contribution >= 0.6 is 23.2 Å². The number of hydrogen-bond donors (Lipinski definition) is 1. The number of ketones is 1. The van der Waals surface area contributed by atoms with E-state index < -0.39 is 17.4 Å². The predicted molar refractivity (Wildman–Crippen MR) is 99.3 cm³/mol. The number of rotatable bonds is 7. The highest BCUT2D eigenvalue weighted by Crippen LogP contribution is 2.35. The minimum atomic E-state index is -1.54. The number of benzene rings is 2. The molecule has 0 unspecified atom stereocenters. The van der Waals surface area contributed by atoms with Crippen LogP contribution in [0.3, 0.4) is 0 Å². The van der Waals surface area contributed by atoms with Gasteiger partial charge in [0.1, 0.15) is 18.8 Å². The Hall–Kier alpha value is -2.08. The van der Waals surface area contributed by atoms with Gasteiger partial charge < -0.3 is 14.6 Å². The largest absolute Gasteiger partial charge is 0.487 e. The lowest BCUT2D eigenvalue weighted by molar-refractivity contribution is 0.0450. The fraction of sp³-hybridized carbons (Fsp3) is 0.263. The van der Waals surface area contributed by atoms with Crippen molar-refractivity contribution in [2.24, 2.45) is 0 Å². The van der Waals surface area contributed by atoms with E-state index in [1.165, 1.54) is 26.0 Å². The van der Waals surface area contributed by atoms with Crippen LogP contribution in [-0.2, 0) is 4.74 Å². The molecule has 0 amide bonds. The average Bonchev–Trinajstić information content (AvgIpc) is 2.59. The molecule has 7 heteroatoms. The van der Waals surface area contributed by atoms with Gasteiger partial charge in [-0.25, -0.2) is 4.79 Å². The van der Waals surface area contributed by atoms with Crippen LogP contribution in [0.2, 0.25) is 10.0 Å². The van der Waals surface area contributed by atoms with E-state index >= 15 is 0 Å². The molecule has 2 rings (SSSR count). The fourth-order valence-corrected chi connectivity index (χ4v) is 2.71. The third kappa shape index (κ3) is 5.21. The van der Waals surface area contributed by atoms with Crippen molar-refractivity contribution in [1.82, 2.24) is 0 Å². The van der Waals surface area contributed by atoms with Crippen LogP contribution in [0, 0.1) is 0 Å². The molecule has 0 saturated carbocycles. The van der Waals surface area contributed by atoms with Crippen molar-refractivity contribution in [3.05, 3.63) is 63.6 Å². The van der Waals surface area contributed by atoms with Crippen LogP contribution in [0.4, 0.5) is 0 Å². The minimum Gasteiger partial charge on any atom is -0.487 e. The summed E-state index contributed by atoms with van der Waals surface area (Å²) in [5.41, 5.74) is -0.922. The van der Waals surface area contributed by atoms with Gasteiger partial charge in [0, 0.05) is 5.56 Å². The van der Waals surface area contributed by atoms with Crippen LogP contribution < -0.4 is 4.74 Å². The molecule has 0 aliphatic carbocycles. The molecule has 5 nitrogen and oxygen atoms in total. The molecule has 1 N–H and O–H groups in total. The number of aliphatic hydroxyl groups is 1. The first-order valence-electron chi connectivity index (χ1n) is 7.81. The molecule has 0 aromatic heterocycles. The van der Waals surface area contributed by atoms with Crippen LogP contribution in [0.5, 0.6) is 5.75 Å². The maximum atomic E-state index is 12.1. The van der Waals surface area contributed by atoms with Crippen LogP contribution in [0.15, 0.2) is 42.5 Å². The second-order valence-electron chi connectivity index (χ2n) is 6.01. The number of carbonyl (C=O) groups excluding carboxylic acids is 2. The summed E-state index contributed by atoms with van der Waals surface area (Å²) in [6, 6.07) is 11.3. The third-order valence-corrected chi connectivity index (χ3v) is 3.95. The van der Waals surface area contributed by atoms with E-state index in [0.29, 0.717) is 5.56 Å². The minimum absolute atomic E-state index is 0.00470. The van der Waals surface area contributed by atoms with Crippen molar-refractivity contribution >= 4 is 35.0 Å². The van der Waals surface area contributed by atoms with E-state index in [-0.39, 0.29) is 34.6 Å². The van der Waals surface area contributed by atoms with E-state index in [1.54, 1.807) is 30.3 Å². The Labute approximate surface area is 161 Å². The average molecular weight is 397 g/mol. The predicted octanol–water partition coefficient (Wildman–Crippen LogP) is 4.18. The van der Waals surface area contributed by atoms with E-state index in [4.69, 9.17) is 32.7 Å². The molecule has 0 bridgehead atoms. The van der Waals surface area contributed by atoms with E-state index in [1.807, 2.05) is 0 Å². The summed E-state index contributed by atoms with van der Waals surface area (Å²) < 4.78 is 10.6. The fourth-order valence-electron chi connectivity index (χ4n) is 2.12. The summed E-state index contributed by atoms with van der Waals surface area (Å²) in [6.45, 7) is 2.80. The lowest BCUT2D eigenvalue weighted by Crippen LogP contribution is -2.31. The quantitative estimate of drug-likeness (QED) is 0.431. The van der Waals surface area contributed by atoms with Gasteiger partial charge in [0.15, 0.2) is 11.5 Å². The molecule has 0 heterocycles. The van der Waals surface area contributed by atoms with Crippen molar-refractivity contribution in [2.75, 3.05) is 13.2 Å². The second kappa shape index (κ2) is 8.54. The summed E-state index contributed by atoms with van der Waals surface area (Å²) in [5, 5.41) is 10.0. The molecule has 0 spiro atoms. The summed E-state index contributed by atoms with van der Waals surface area (Å²) in [6.07, 6.45) is 0. The molecule has 0 atom stereocenters. The normalized spacial score (nSPS) is 11.1. The lowest BCUT2D eigenvalue weighted by atomic mass is 9.97. The molecule has 138 valence electrons. The maximum absolute atomic E-state index is 12.1. The number of hydrogen-bond acceptors (Lipinski definition) is 5. The Balaban J connectivity index is 1.96. The molecule has 26 heavy (non-hydrogen) atoms. The summed E-state index contributed by atoms with van der Waals surface area (Å²) in [5.74, 6) is -0.793. The van der Waals surface area contributed by atoms with Gasteiger partial charge in [-0.1, -0.05) is 41.4 Å². The van der Waals surface area contributed by atoms with E-state index in [9.17, 15) is 14.7 Å². The van der Waals surface area contributed by atoms with E-state index in [0.717, 1.165) is 0 Å². The smallest absolute Gasteiger partial charge is 0.338 e. The highest BCUT2D eigenvalue weighted by atomic mass is 35.5. The van der Waals surface area contributed by atoms with Gasteiger partial charge in [-0.05, 0) is 38.1 Å². The van der Waals surface area contributed by atoms with Gasteiger partial charge >= 0.3 is 5.97 Å². The standard InChI is InChI=1S/C19H18Cl2O5/c1-19(2,24)17(22)13-10-14(20)16(15(21)11-13)25-8-9-26-18(23)12-6-4-3-5-7-12/h3-7,10-11,24H,8-9H2,1-2H3. The topological polar surface area (TPSA) is 72.8 Å². The third-order valence-electron chi connectivity index (χ3n) is 3.39. The first-order chi connectivity index (χ1) is 12.2. The molecular weight excluding hydrogens is 379 g/mol. The monoisotopic (exact) mass is 396 g/mol. The van der Waals surface area contributed by atoms with Crippen LogP contribution in [0.25, 0.3) is 0 Å². The highest BCUT2D eigenvalue weighted by molar-refractivity contribution is 6.37. The number of ether oxygens (including phenoxy) is 2. The molecule has 2 aromatic rings. The Morgan fingerprint density at radius 2 is 1.58 bits per heavy atom. The molecular formula is C19H18Cl2O5. The zero-order valence-electron chi connectivity index (χ0n) is 14.3. The first-order valence-corrected chi connectivity index (χ1v) is 8.57. The Morgan fingerprint density at radius 1 is 1.00 bits per heavy atom. The molecule has 0 radical (unpaired) electrons. The summed E-state index contributed by atoms with van der Waals surface area (Å²) in [4.78, 5) is 23.9. The first kappa shape index (κ1) is 20.2. The van der Waals surface area contributed by atoms with Crippen molar-refractivity contribution in [2.45, 2.75) is 19.4 Å². The van der Waals surface area contributed by atoms with Crippen molar-refractivity contribution in [1.29, 1.82) is 0 Å². The molecule has 0 aliphatic rings. The van der Waals surface area contributed by atoms with E-state index in [2.05, 4.69) is 0 Å². The Bertz CT molecular complexity index is 774. The van der Waals surface area contributed by atoms with Gasteiger partial charge in [-0.2, -0.15) is 0 Å². The van der Waals surface area contributed by atoms with Crippen molar-refractivity contribution in [3.8, 4) is 5.75 Å². The number of Topliss-reactive ketones (excluding diaryl/α,β-unsaturated/α-hetero) is 1. The maximum Gasteiger partial charge on any atom is 0.338 e. The SMILES string of the molecule is CC(C)(O)C(=O)c1cc(Cl)c(OCCOC(=O)c2ccccc2)c(Cl)c1. The van der Waals surface area contributed by atoms with Gasteiger partial charge in [-0.15, -0.1) is 0 Å².